The molecule has 1 aliphatic carbocycles. The molecule has 4 heterocycles. The van der Waals surface area contributed by atoms with Gasteiger partial charge < -0.3 is 9.80 Å². The lowest BCUT2D eigenvalue weighted by Crippen LogP contribution is -2.40. The van der Waals surface area contributed by atoms with Crippen LogP contribution in [0.2, 0.25) is 0 Å². The number of hydrogen-bond donors (Lipinski definition) is 0. The van der Waals surface area contributed by atoms with Crippen LogP contribution in [0.25, 0.3) is 0 Å². The Morgan fingerprint density at radius 3 is 2.79 bits per heavy atom. The van der Waals surface area contributed by atoms with Crippen LogP contribution in [0.15, 0.2) is 12.4 Å². The summed E-state index contributed by atoms with van der Waals surface area (Å²) in [5.41, 5.74) is 3.12. The molecule has 7 nitrogen and oxygen atoms in total. The van der Waals surface area contributed by atoms with Crippen LogP contribution in [0.1, 0.15) is 65.5 Å². The Hall–Kier alpha value is -2.44. The van der Waals surface area contributed by atoms with E-state index in [4.69, 9.17) is 9.97 Å². The molecule has 29 heavy (non-hydrogen) atoms. The number of hydrogen-bond acceptors (Lipinski definition) is 5. The first kappa shape index (κ1) is 18.6. The second-order valence-corrected chi connectivity index (χ2v) is 8.96. The summed E-state index contributed by atoms with van der Waals surface area (Å²) >= 11 is 0. The van der Waals surface area contributed by atoms with E-state index in [1.54, 1.807) is 17.1 Å². The monoisotopic (exact) mass is 394 g/mol. The molecular weight excluding hydrogens is 364 g/mol. The highest BCUT2D eigenvalue weighted by Gasteiger charge is 2.32. The molecular formula is C22H30N6O. The van der Waals surface area contributed by atoms with E-state index in [1.807, 2.05) is 11.9 Å². The Balaban J connectivity index is 1.38. The highest BCUT2D eigenvalue weighted by molar-refractivity contribution is 5.93. The number of fused-ring (bicyclic) bond motifs is 1. The van der Waals surface area contributed by atoms with Crippen molar-refractivity contribution in [1.82, 2.24) is 24.6 Å². The van der Waals surface area contributed by atoms with Crippen molar-refractivity contribution < 1.29 is 4.79 Å². The summed E-state index contributed by atoms with van der Waals surface area (Å²) < 4.78 is 1.68. The number of rotatable bonds is 4. The van der Waals surface area contributed by atoms with Gasteiger partial charge in [-0.2, -0.15) is 5.10 Å². The minimum absolute atomic E-state index is 0.0628. The summed E-state index contributed by atoms with van der Waals surface area (Å²) in [5.74, 6) is 3.21. The van der Waals surface area contributed by atoms with Gasteiger partial charge in [-0.05, 0) is 51.4 Å². The van der Waals surface area contributed by atoms with Crippen molar-refractivity contribution in [2.24, 2.45) is 13.0 Å². The van der Waals surface area contributed by atoms with Gasteiger partial charge in [-0.25, -0.2) is 9.97 Å². The van der Waals surface area contributed by atoms with Gasteiger partial charge in [0, 0.05) is 56.6 Å². The lowest BCUT2D eigenvalue weighted by atomic mass is 9.95. The molecule has 3 aliphatic rings. The highest BCUT2D eigenvalue weighted by atomic mass is 16.2. The first-order chi connectivity index (χ1) is 14.1. The molecule has 1 saturated heterocycles. The minimum Gasteiger partial charge on any atom is -0.356 e. The molecule has 0 radical (unpaired) electrons. The van der Waals surface area contributed by atoms with Gasteiger partial charge in [0.05, 0.1) is 11.8 Å². The van der Waals surface area contributed by atoms with E-state index in [-0.39, 0.29) is 11.8 Å². The van der Waals surface area contributed by atoms with Crippen LogP contribution in [-0.4, -0.2) is 56.7 Å². The van der Waals surface area contributed by atoms with Gasteiger partial charge >= 0.3 is 0 Å². The molecule has 0 spiro atoms. The molecule has 1 amide bonds. The third kappa shape index (κ3) is 3.74. The average Bonchev–Trinajstić information content (AvgIpc) is 3.45. The van der Waals surface area contributed by atoms with Gasteiger partial charge in [-0.3, -0.25) is 9.48 Å². The largest absolute Gasteiger partial charge is 0.356 e. The van der Waals surface area contributed by atoms with Gasteiger partial charge in [-0.15, -0.1) is 0 Å². The number of piperidine rings is 1. The van der Waals surface area contributed by atoms with Gasteiger partial charge in [0.1, 0.15) is 11.6 Å². The fourth-order valence-corrected chi connectivity index (χ4v) is 4.77. The van der Waals surface area contributed by atoms with E-state index in [0.29, 0.717) is 12.1 Å². The lowest BCUT2D eigenvalue weighted by Gasteiger charge is -2.34. The molecule has 7 heteroatoms. The molecule has 0 aromatic carbocycles. The minimum atomic E-state index is 0.0628. The van der Waals surface area contributed by atoms with Crippen LogP contribution >= 0.6 is 0 Å². The van der Waals surface area contributed by atoms with Crippen molar-refractivity contribution in [3.05, 3.63) is 35.0 Å². The Morgan fingerprint density at radius 2 is 2.03 bits per heavy atom. The molecule has 1 atom stereocenters. The number of amides is 1. The average molecular weight is 395 g/mol. The summed E-state index contributed by atoms with van der Waals surface area (Å²) in [7, 11) is 1.84. The number of aryl methyl sites for hydroxylation is 2. The van der Waals surface area contributed by atoms with Crippen molar-refractivity contribution in [2.45, 2.75) is 51.4 Å². The summed E-state index contributed by atoms with van der Waals surface area (Å²) in [4.78, 5) is 27.3. The fraction of sp³-hybridized carbons (Fsp3) is 0.636. The van der Waals surface area contributed by atoms with Crippen molar-refractivity contribution in [3.8, 4) is 0 Å². The zero-order chi connectivity index (χ0) is 20.0. The maximum absolute atomic E-state index is 12.9. The highest BCUT2D eigenvalue weighted by Crippen LogP contribution is 2.36. The normalized spacial score (nSPS) is 21.9. The van der Waals surface area contributed by atoms with Crippen molar-refractivity contribution >= 4 is 11.7 Å². The molecule has 2 fully saturated rings. The third-order valence-corrected chi connectivity index (χ3v) is 6.56. The third-order valence-electron chi connectivity index (χ3n) is 6.56. The molecule has 5 rings (SSSR count). The van der Waals surface area contributed by atoms with Crippen LogP contribution < -0.4 is 4.90 Å². The summed E-state index contributed by atoms with van der Waals surface area (Å²) in [5, 5.41) is 4.15. The second kappa shape index (κ2) is 7.43. The smallest absolute Gasteiger partial charge is 0.257 e. The van der Waals surface area contributed by atoms with Crippen molar-refractivity contribution in [3.63, 3.8) is 0 Å². The molecule has 154 valence electrons. The van der Waals surface area contributed by atoms with Crippen molar-refractivity contribution in [2.75, 3.05) is 31.1 Å². The van der Waals surface area contributed by atoms with Gasteiger partial charge in [-0.1, -0.05) is 0 Å². The second-order valence-electron chi connectivity index (χ2n) is 8.96. The summed E-state index contributed by atoms with van der Waals surface area (Å²) in [6.07, 6.45) is 10.5. The van der Waals surface area contributed by atoms with Crippen LogP contribution in [0.4, 0.5) is 5.82 Å². The molecule has 2 aliphatic heterocycles. The van der Waals surface area contributed by atoms with Crippen LogP contribution in [0, 0.1) is 12.8 Å². The number of anilines is 1. The summed E-state index contributed by atoms with van der Waals surface area (Å²) in [6, 6.07) is 0. The van der Waals surface area contributed by atoms with Gasteiger partial charge in [0.15, 0.2) is 0 Å². The van der Waals surface area contributed by atoms with E-state index in [9.17, 15) is 4.79 Å². The first-order valence-electron chi connectivity index (χ1n) is 11.0. The van der Waals surface area contributed by atoms with Crippen LogP contribution in [-0.2, 0) is 13.5 Å². The molecule has 0 unspecified atom stereocenters. The number of carbonyl (C=O) groups is 1. The molecule has 2 aromatic heterocycles. The lowest BCUT2D eigenvalue weighted by molar-refractivity contribution is 0.0704. The fourth-order valence-electron chi connectivity index (χ4n) is 4.77. The van der Waals surface area contributed by atoms with E-state index in [0.717, 1.165) is 56.3 Å². The Bertz CT molecular complexity index is 918. The zero-order valence-corrected chi connectivity index (χ0v) is 17.5. The molecule has 0 N–H and O–H groups in total. The zero-order valence-electron chi connectivity index (χ0n) is 17.5. The van der Waals surface area contributed by atoms with Crippen LogP contribution in [0.3, 0.4) is 0 Å². The topological polar surface area (TPSA) is 67.2 Å². The quantitative estimate of drug-likeness (QED) is 0.798. The Labute approximate surface area is 172 Å². The number of nitrogens with zero attached hydrogens (tertiary/aromatic N) is 6. The van der Waals surface area contributed by atoms with Gasteiger partial charge in [0.2, 0.25) is 0 Å². The Kier molecular flexibility index (Phi) is 4.76. The van der Waals surface area contributed by atoms with E-state index >= 15 is 0 Å². The number of carbonyl (C=O) groups excluding carboxylic acids is 1. The van der Waals surface area contributed by atoms with E-state index in [1.165, 1.54) is 30.6 Å². The summed E-state index contributed by atoms with van der Waals surface area (Å²) in [6.45, 7) is 5.86. The van der Waals surface area contributed by atoms with Crippen LogP contribution in [0.5, 0.6) is 0 Å². The first-order valence-corrected chi connectivity index (χ1v) is 11.0. The standard InChI is InChI=1S/C22H30N6O/c1-15-19-6-4-9-27(12-16-7-8-16)21(19)25-20(24-15)17-5-3-10-28(14-17)22(29)18-11-23-26(2)13-18/h11,13,16-17H,3-10,12,14H2,1-2H3/t17-/m0/s1. The Morgan fingerprint density at radius 1 is 1.17 bits per heavy atom. The molecule has 1 saturated carbocycles. The van der Waals surface area contributed by atoms with Gasteiger partial charge in [0.25, 0.3) is 5.91 Å². The predicted molar refractivity (Wildman–Crippen MR) is 111 cm³/mol. The van der Waals surface area contributed by atoms with E-state index in [2.05, 4.69) is 16.9 Å². The molecule has 0 bridgehead atoms. The van der Waals surface area contributed by atoms with Crippen molar-refractivity contribution in [1.29, 1.82) is 0 Å². The van der Waals surface area contributed by atoms with E-state index < -0.39 is 0 Å². The maximum Gasteiger partial charge on any atom is 0.257 e. The molecule has 2 aromatic rings. The number of aromatic nitrogens is 4. The maximum atomic E-state index is 12.9. The predicted octanol–water partition coefficient (Wildman–Crippen LogP) is 2.70. The SMILES string of the molecule is Cc1nc([C@H]2CCCN(C(=O)c3cnn(C)c3)C2)nc2c1CCCN2CC1CC1. The number of likely N-dealkylation sites (tertiary alicyclic amines) is 1.